The first-order valence-electron chi connectivity index (χ1n) is 7.55. The summed E-state index contributed by atoms with van der Waals surface area (Å²) in [6, 6.07) is 11.4. The number of rotatable bonds is 6. The fourth-order valence-electron chi connectivity index (χ4n) is 2.87. The molecule has 1 heterocycles. The molecule has 0 saturated heterocycles. The molecule has 1 aromatic carbocycles. The van der Waals surface area contributed by atoms with Crippen LogP contribution in [0.15, 0.2) is 36.5 Å². The minimum Gasteiger partial charge on any atom is -0.396 e. The van der Waals surface area contributed by atoms with E-state index in [2.05, 4.69) is 34.1 Å². The zero-order valence-electron chi connectivity index (χ0n) is 11.8. The molecule has 1 fully saturated rings. The van der Waals surface area contributed by atoms with E-state index in [-0.39, 0.29) is 6.61 Å². The maximum absolute atomic E-state index is 9.06. The van der Waals surface area contributed by atoms with Gasteiger partial charge in [0.1, 0.15) is 0 Å². The molecule has 1 N–H and O–H groups in total. The van der Waals surface area contributed by atoms with Gasteiger partial charge in [0.05, 0.1) is 5.52 Å². The third-order valence-electron chi connectivity index (χ3n) is 4.25. The third-order valence-corrected chi connectivity index (χ3v) is 4.25. The Balaban J connectivity index is 1.74. The Morgan fingerprint density at radius 3 is 2.90 bits per heavy atom. The number of hydrogen-bond donors (Lipinski definition) is 1. The van der Waals surface area contributed by atoms with Crippen LogP contribution in [0.3, 0.4) is 0 Å². The van der Waals surface area contributed by atoms with Crippen molar-refractivity contribution in [3.63, 3.8) is 0 Å². The van der Waals surface area contributed by atoms with Crippen LogP contribution in [0.4, 0.5) is 0 Å². The average Bonchev–Trinajstić information content (AvgIpc) is 2.43. The quantitative estimate of drug-likeness (QED) is 0.876. The lowest BCUT2D eigenvalue weighted by Gasteiger charge is -2.37. The van der Waals surface area contributed by atoms with Crippen molar-refractivity contribution < 1.29 is 5.11 Å². The predicted molar refractivity (Wildman–Crippen MR) is 81.5 cm³/mol. The normalized spacial score (nSPS) is 15.7. The van der Waals surface area contributed by atoms with Crippen LogP contribution in [0.25, 0.3) is 10.9 Å². The van der Waals surface area contributed by atoms with Crippen LogP contribution < -0.4 is 0 Å². The van der Waals surface area contributed by atoms with E-state index < -0.39 is 0 Å². The summed E-state index contributed by atoms with van der Waals surface area (Å²) >= 11 is 0. The third kappa shape index (κ3) is 3.00. The summed E-state index contributed by atoms with van der Waals surface area (Å²) in [5, 5.41) is 10.3. The Bertz CT molecular complexity index is 566. The average molecular weight is 270 g/mol. The van der Waals surface area contributed by atoms with Gasteiger partial charge in [-0.15, -0.1) is 0 Å². The second-order valence-electron chi connectivity index (χ2n) is 5.66. The highest BCUT2D eigenvalue weighted by Gasteiger charge is 2.24. The Labute approximate surface area is 120 Å². The first-order chi connectivity index (χ1) is 9.86. The molecule has 0 spiro atoms. The molecule has 3 heteroatoms. The molecule has 0 radical (unpaired) electrons. The van der Waals surface area contributed by atoms with Crippen molar-refractivity contribution in [1.82, 2.24) is 9.88 Å². The van der Waals surface area contributed by atoms with E-state index in [0.717, 1.165) is 25.0 Å². The summed E-state index contributed by atoms with van der Waals surface area (Å²) in [6.45, 7) is 2.26. The lowest BCUT2D eigenvalue weighted by Crippen LogP contribution is -2.40. The molecular formula is C17H22N2O. The molecule has 3 nitrogen and oxygen atoms in total. The second-order valence-corrected chi connectivity index (χ2v) is 5.66. The number of aliphatic hydroxyl groups excluding tert-OH is 1. The van der Waals surface area contributed by atoms with Crippen LogP contribution in [-0.4, -0.2) is 34.2 Å². The highest BCUT2D eigenvalue weighted by Crippen LogP contribution is 2.27. The van der Waals surface area contributed by atoms with Crippen molar-refractivity contribution in [3.8, 4) is 0 Å². The van der Waals surface area contributed by atoms with E-state index >= 15 is 0 Å². The topological polar surface area (TPSA) is 36.4 Å². The first-order valence-corrected chi connectivity index (χ1v) is 7.55. The summed E-state index contributed by atoms with van der Waals surface area (Å²) in [7, 11) is 0. The van der Waals surface area contributed by atoms with Gasteiger partial charge in [-0.1, -0.05) is 18.6 Å². The van der Waals surface area contributed by atoms with E-state index in [1.54, 1.807) is 0 Å². The van der Waals surface area contributed by atoms with Gasteiger partial charge in [-0.25, -0.2) is 0 Å². The first kappa shape index (κ1) is 13.5. The van der Waals surface area contributed by atoms with Crippen molar-refractivity contribution in [2.75, 3.05) is 13.2 Å². The molecule has 1 aliphatic carbocycles. The lowest BCUT2D eigenvalue weighted by atomic mass is 9.91. The predicted octanol–water partition coefficient (Wildman–Crippen LogP) is 2.97. The summed E-state index contributed by atoms with van der Waals surface area (Å²) in [4.78, 5) is 6.89. The smallest absolute Gasteiger partial charge is 0.0702 e. The molecule has 2 aromatic rings. The maximum atomic E-state index is 9.06. The Morgan fingerprint density at radius 2 is 2.15 bits per heavy atom. The van der Waals surface area contributed by atoms with Gasteiger partial charge in [0.15, 0.2) is 0 Å². The van der Waals surface area contributed by atoms with Gasteiger partial charge < -0.3 is 5.11 Å². The van der Waals surface area contributed by atoms with E-state index in [0.29, 0.717) is 6.04 Å². The highest BCUT2D eigenvalue weighted by atomic mass is 16.3. The standard InChI is InChI=1S/C17H22N2O/c20-11-3-10-19(16-5-1-6-16)13-14-7-8-17-15(12-14)4-2-9-18-17/h2,4,7-9,12,16,20H,1,3,5-6,10-11,13H2. The van der Waals surface area contributed by atoms with Crippen molar-refractivity contribution in [2.45, 2.75) is 38.3 Å². The largest absolute Gasteiger partial charge is 0.396 e. The zero-order valence-corrected chi connectivity index (χ0v) is 11.8. The van der Waals surface area contributed by atoms with E-state index in [1.807, 2.05) is 12.3 Å². The Morgan fingerprint density at radius 1 is 1.25 bits per heavy atom. The number of aromatic nitrogens is 1. The lowest BCUT2D eigenvalue weighted by molar-refractivity contribution is 0.109. The summed E-state index contributed by atoms with van der Waals surface area (Å²) in [5.74, 6) is 0. The fourth-order valence-corrected chi connectivity index (χ4v) is 2.87. The number of pyridine rings is 1. The molecule has 0 atom stereocenters. The van der Waals surface area contributed by atoms with Gasteiger partial charge in [0.25, 0.3) is 0 Å². The molecule has 0 unspecified atom stereocenters. The summed E-state index contributed by atoms with van der Waals surface area (Å²) < 4.78 is 0. The molecule has 1 aliphatic rings. The molecule has 1 aromatic heterocycles. The number of fused-ring (bicyclic) bond motifs is 1. The van der Waals surface area contributed by atoms with E-state index in [9.17, 15) is 0 Å². The number of nitrogens with zero attached hydrogens (tertiary/aromatic N) is 2. The SMILES string of the molecule is OCCCN(Cc1ccc2ncccc2c1)C1CCC1. The zero-order chi connectivity index (χ0) is 13.8. The van der Waals surface area contributed by atoms with E-state index in [1.165, 1.54) is 30.2 Å². The molecule has 106 valence electrons. The van der Waals surface area contributed by atoms with Gasteiger partial charge in [0, 0.05) is 37.3 Å². The molecule has 3 rings (SSSR count). The van der Waals surface area contributed by atoms with Gasteiger partial charge >= 0.3 is 0 Å². The van der Waals surface area contributed by atoms with Crippen LogP contribution in [0, 0.1) is 0 Å². The molecule has 20 heavy (non-hydrogen) atoms. The number of hydrogen-bond acceptors (Lipinski definition) is 3. The minimum atomic E-state index is 0.283. The summed E-state index contributed by atoms with van der Waals surface area (Å²) in [6.07, 6.45) is 6.67. The van der Waals surface area contributed by atoms with Crippen LogP contribution in [0.5, 0.6) is 0 Å². The Hall–Kier alpha value is -1.45. The monoisotopic (exact) mass is 270 g/mol. The van der Waals surface area contributed by atoms with Crippen LogP contribution in [-0.2, 0) is 6.54 Å². The van der Waals surface area contributed by atoms with Gasteiger partial charge in [0.2, 0.25) is 0 Å². The van der Waals surface area contributed by atoms with Crippen LogP contribution >= 0.6 is 0 Å². The maximum Gasteiger partial charge on any atom is 0.0702 e. The van der Waals surface area contributed by atoms with Crippen molar-refractivity contribution in [2.24, 2.45) is 0 Å². The van der Waals surface area contributed by atoms with Crippen LogP contribution in [0.2, 0.25) is 0 Å². The van der Waals surface area contributed by atoms with Crippen LogP contribution in [0.1, 0.15) is 31.2 Å². The molecular weight excluding hydrogens is 248 g/mol. The van der Waals surface area contributed by atoms with E-state index in [4.69, 9.17) is 5.11 Å². The van der Waals surface area contributed by atoms with Gasteiger partial charge in [-0.3, -0.25) is 9.88 Å². The molecule has 0 amide bonds. The highest BCUT2D eigenvalue weighted by molar-refractivity contribution is 5.78. The molecule has 0 bridgehead atoms. The minimum absolute atomic E-state index is 0.283. The molecule has 0 aliphatic heterocycles. The van der Waals surface area contributed by atoms with Gasteiger partial charge in [-0.05, 0) is 43.0 Å². The van der Waals surface area contributed by atoms with Crippen molar-refractivity contribution >= 4 is 10.9 Å². The molecule has 1 saturated carbocycles. The number of aliphatic hydroxyl groups is 1. The van der Waals surface area contributed by atoms with Gasteiger partial charge in [-0.2, -0.15) is 0 Å². The second kappa shape index (κ2) is 6.33. The van der Waals surface area contributed by atoms with Crippen molar-refractivity contribution in [3.05, 3.63) is 42.1 Å². The summed E-state index contributed by atoms with van der Waals surface area (Å²) in [5.41, 5.74) is 2.40. The Kier molecular flexibility index (Phi) is 4.28. The fraction of sp³-hybridized carbons (Fsp3) is 0.471. The number of benzene rings is 1. The van der Waals surface area contributed by atoms with Crippen molar-refractivity contribution in [1.29, 1.82) is 0 Å².